The second-order valence-corrected chi connectivity index (χ2v) is 7.24. The molecule has 5 nitrogen and oxygen atoms in total. The van der Waals surface area contributed by atoms with E-state index in [-0.39, 0.29) is 29.3 Å². The van der Waals surface area contributed by atoms with Gasteiger partial charge in [-0.25, -0.2) is 13.8 Å². The largest absolute Gasteiger partial charge is 0.301 e. The van der Waals surface area contributed by atoms with Crippen LogP contribution in [0.3, 0.4) is 0 Å². The molecule has 1 aromatic carbocycles. The Morgan fingerprint density at radius 3 is 2.96 bits per heavy atom. The van der Waals surface area contributed by atoms with Crippen molar-refractivity contribution in [3.8, 4) is 0 Å². The molecule has 1 saturated heterocycles. The molecule has 1 N–H and O–H groups in total. The predicted molar refractivity (Wildman–Crippen MR) is 91.1 cm³/mol. The predicted octanol–water partition coefficient (Wildman–Crippen LogP) is 2.89. The van der Waals surface area contributed by atoms with E-state index in [0.717, 1.165) is 43.2 Å². The molecule has 1 amide bonds. The van der Waals surface area contributed by atoms with Crippen LogP contribution in [-0.2, 0) is 4.79 Å². The molecule has 1 aliphatic heterocycles. The van der Waals surface area contributed by atoms with Crippen molar-refractivity contribution in [1.82, 2.24) is 14.8 Å². The van der Waals surface area contributed by atoms with Crippen LogP contribution in [0.5, 0.6) is 0 Å². The van der Waals surface area contributed by atoms with E-state index in [0.29, 0.717) is 4.70 Å². The number of carbonyl (C=O) groups is 1. The molecule has 24 heavy (non-hydrogen) atoms. The Morgan fingerprint density at radius 1 is 1.42 bits per heavy atom. The Bertz CT molecular complexity index is 749. The maximum Gasteiger partial charge on any atom is 0.240 e. The third kappa shape index (κ3) is 3.71. The van der Waals surface area contributed by atoms with Crippen LogP contribution in [0, 0.1) is 11.6 Å². The van der Waals surface area contributed by atoms with Gasteiger partial charge in [-0.1, -0.05) is 11.3 Å². The average Bonchev–Trinajstić information content (AvgIpc) is 2.90. The molecule has 8 heteroatoms. The fraction of sp³-hybridized carbons (Fsp3) is 0.500. The Morgan fingerprint density at radius 2 is 2.21 bits per heavy atom. The number of benzene rings is 1. The molecule has 2 aromatic rings. The maximum atomic E-state index is 13.7. The molecule has 1 atom stereocenters. The number of hydrogen-bond donors (Lipinski definition) is 1. The highest BCUT2D eigenvalue weighted by atomic mass is 32.1. The molecule has 0 saturated carbocycles. The minimum Gasteiger partial charge on any atom is -0.301 e. The number of hydrogen-bond acceptors (Lipinski definition) is 5. The van der Waals surface area contributed by atoms with Gasteiger partial charge in [0.15, 0.2) is 10.9 Å². The third-order valence-corrected chi connectivity index (χ3v) is 5.10. The second-order valence-electron chi connectivity index (χ2n) is 6.21. The van der Waals surface area contributed by atoms with Gasteiger partial charge in [-0.3, -0.25) is 14.6 Å². The Balaban J connectivity index is 1.69. The zero-order valence-corrected chi connectivity index (χ0v) is 14.5. The van der Waals surface area contributed by atoms with Crippen molar-refractivity contribution in [1.29, 1.82) is 0 Å². The molecule has 1 aliphatic rings. The number of piperidine rings is 1. The van der Waals surface area contributed by atoms with E-state index in [1.165, 1.54) is 6.07 Å². The van der Waals surface area contributed by atoms with Gasteiger partial charge in [0.25, 0.3) is 0 Å². The van der Waals surface area contributed by atoms with E-state index >= 15 is 0 Å². The fourth-order valence-corrected chi connectivity index (χ4v) is 4.02. The van der Waals surface area contributed by atoms with Crippen LogP contribution in [-0.4, -0.2) is 54.0 Å². The molecule has 3 rings (SSSR count). The smallest absolute Gasteiger partial charge is 0.240 e. The van der Waals surface area contributed by atoms with Crippen molar-refractivity contribution in [2.75, 3.05) is 32.5 Å². The first-order valence-electron chi connectivity index (χ1n) is 7.90. The molecule has 0 radical (unpaired) electrons. The number of rotatable bonds is 4. The number of aromatic nitrogens is 1. The molecular formula is C16H20F2N4OS. The van der Waals surface area contributed by atoms with E-state index in [4.69, 9.17) is 0 Å². The standard InChI is InChI=1S/C16H20F2N4OS/c1-21(2)14-5-3-4-6-22(14)9-13(23)19-16-20-15-11(18)7-10(17)8-12(15)24-16/h7-8,14H,3-6,9H2,1-2H3,(H,19,20,23). The van der Waals surface area contributed by atoms with E-state index in [2.05, 4.69) is 20.1 Å². The van der Waals surface area contributed by atoms with Crippen molar-refractivity contribution in [2.24, 2.45) is 0 Å². The molecule has 0 bridgehead atoms. The molecule has 1 unspecified atom stereocenters. The molecular weight excluding hydrogens is 334 g/mol. The summed E-state index contributed by atoms with van der Waals surface area (Å²) in [5, 5.41) is 2.99. The topological polar surface area (TPSA) is 48.5 Å². The summed E-state index contributed by atoms with van der Waals surface area (Å²) in [6, 6.07) is 2.02. The van der Waals surface area contributed by atoms with Gasteiger partial charge in [0.2, 0.25) is 5.91 Å². The Kier molecular flexibility index (Phi) is 5.07. The van der Waals surface area contributed by atoms with E-state index in [1.54, 1.807) is 0 Å². The van der Waals surface area contributed by atoms with Crippen LogP contribution in [0.15, 0.2) is 12.1 Å². The third-order valence-electron chi connectivity index (χ3n) is 4.18. The molecule has 0 aliphatic carbocycles. The van der Waals surface area contributed by atoms with Crippen molar-refractivity contribution >= 4 is 32.6 Å². The molecule has 0 spiro atoms. The van der Waals surface area contributed by atoms with Crippen LogP contribution in [0.25, 0.3) is 10.2 Å². The number of amides is 1. The van der Waals surface area contributed by atoms with Crippen LogP contribution in [0.4, 0.5) is 13.9 Å². The quantitative estimate of drug-likeness (QED) is 0.917. The van der Waals surface area contributed by atoms with Gasteiger partial charge in [-0.05, 0) is 39.4 Å². The van der Waals surface area contributed by atoms with E-state index < -0.39 is 11.6 Å². The summed E-state index contributed by atoms with van der Waals surface area (Å²) in [4.78, 5) is 20.6. The monoisotopic (exact) mass is 354 g/mol. The highest BCUT2D eigenvalue weighted by Gasteiger charge is 2.26. The summed E-state index contributed by atoms with van der Waals surface area (Å²) in [5.74, 6) is -1.56. The SMILES string of the molecule is CN(C)C1CCCCN1CC(=O)Nc1nc2c(F)cc(F)cc2s1. The summed E-state index contributed by atoms with van der Waals surface area (Å²) in [6.45, 7) is 1.13. The lowest BCUT2D eigenvalue weighted by molar-refractivity contribution is -0.119. The van der Waals surface area contributed by atoms with Crippen molar-refractivity contribution in [2.45, 2.75) is 25.4 Å². The average molecular weight is 354 g/mol. The molecule has 1 aromatic heterocycles. The number of likely N-dealkylation sites (tertiary alicyclic amines) is 1. The van der Waals surface area contributed by atoms with Crippen LogP contribution < -0.4 is 5.32 Å². The van der Waals surface area contributed by atoms with Crippen LogP contribution in [0.2, 0.25) is 0 Å². The Labute approximate surface area is 143 Å². The van der Waals surface area contributed by atoms with Gasteiger partial charge >= 0.3 is 0 Å². The molecule has 130 valence electrons. The number of carbonyl (C=O) groups excluding carboxylic acids is 1. The first-order valence-corrected chi connectivity index (χ1v) is 8.71. The highest BCUT2D eigenvalue weighted by Crippen LogP contribution is 2.28. The van der Waals surface area contributed by atoms with E-state index in [1.807, 2.05) is 14.1 Å². The van der Waals surface area contributed by atoms with Gasteiger partial charge in [0.1, 0.15) is 11.3 Å². The van der Waals surface area contributed by atoms with Crippen LogP contribution >= 0.6 is 11.3 Å². The second kappa shape index (κ2) is 7.08. The summed E-state index contributed by atoms with van der Waals surface area (Å²) >= 11 is 1.07. The number of nitrogens with one attached hydrogen (secondary N) is 1. The van der Waals surface area contributed by atoms with Gasteiger partial charge in [0.05, 0.1) is 17.4 Å². The van der Waals surface area contributed by atoms with Crippen LogP contribution in [0.1, 0.15) is 19.3 Å². The minimum absolute atomic E-state index is 0.0841. The number of nitrogens with zero attached hydrogens (tertiary/aromatic N) is 3. The number of thiazole rings is 1. The van der Waals surface area contributed by atoms with Gasteiger partial charge in [0, 0.05) is 12.6 Å². The maximum absolute atomic E-state index is 13.7. The zero-order chi connectivity index (χ0) is 17.3. The number of fused-ring (bicyclic) bond motifs is 1. The summed E-state index contributed by atoms with van der Waals surface area (Å²) in [5.41, 5.74) is 0.0841. The van der Waals surface area contributed by atoms with E-state index in [9.17, 15) is 13.6 Å². The van der Waals surface area contributed by atoms with Crippen molar-refractivity contribution < 1.29 is 13.6 Å². The van der Waals surface area contributed by atoms with Gasteiger partial charge in [-0.15, -0.1) is 0 Å². The number of halogens is 2. The number of anilines is 1. The molecule has 2 heterocycles. The first-order chi connectivity index (χ1) is 11.4. The summed E-state index contributed by atoms with van der Waals surface area (Å²) in [7, 11) is 4.01. The minimum atomic E-state index is -0.717. The fourth-order valence-electron chi connectivity index (χ4n) is 3.10. The first kappa shape index (κ1) is 17.2. The lowest BCUT2D eigenvalue weighted by Crippen LogP contribution is -2.50. The van der Waals surface area contributed by atoms with Crippen molar-refractivity contribution in [3.05, 3.63) is 23.8 Å². The summed E-state index contributed by atoms with van der Waals surface area (Å²) in [6.07, 6.45) is 3.50. The Hall–Kier alpha value is -1.64. The lowest BCUT2D eigenvalue weighted by Gasteiger charge is -2.39. The van der Waals surface area contributed by atoms with Gasteiger partial charge in [-0.2, -0.15) is 0 Å². The van der Waals surface area contributed by atoms with Gasteiger partial charge < -0.3 is 5.32 Å². The lowest BCUT2D eigenvalue weighted by atomic mass is 10.1. The molecule has 1 fully saturated rings. The summed E-state index contributed by atoms with van der Waals surface area (Å²) < 4.78 is 27.3. The highest BCUT2D eigenvalue weighted by molar-refractivity contribution is 7.22. The van der Waals surface area contributed by atoms with Crippen molar-refractivity contribution in [3.63, 3.8) is 0 Å². The normalized spacial score (nSPS) is 19.1. The zero-order valence-electron chi connectivity index (χ0n) is 13.7.